The molecule has 0 bridgehead atoms. The van der Waals surface area contributed by atoms with Crippen molar-refractivity contribution in [2.24, 2.45) is 0 Å². The minimum Gasteiger partial charge on any atom is -0.493 e. The molecule has 1 aliphatic rings. The zero-order chi connectivity index (χ0) is 13.0. The average molecular weight is 247 g/mol. The Labute approximate surface area is 111 Å². The molecule has 0 N–H and O–H groups in total. The van der Waals surface area contributed by atoms with E-state index in [1.165, 1.54) is 36.9 Å². The summed E-state index contributed by atoms with van der Waals surface area (Å²) in [6, 6.07) is 7.11. The first-order chi connectivity index (χ1) is 8.66. The minimum absolute atomic E-state index is 0.713. The Morgan fingerprint density at radius 1 is 1.28 bits per heavy atom. The first-order valence-corrected chi connectivity index (χ1v) is 7.07. The van der Waals surface area contributed by atoms with E-state index in [1.807, 2.05) is 0 Å². The predicted octanol–water partition coefficient (Wildman–Crippen LogP) is 3.56. The van der Waals surface area contributed by atoms with E-state index in [1.54, 1.807) is 0 Å². The smallest absolute Gasteiger partial charge is 0.122 e. The summed E-state index contributed by atoms with van der Waals surface area (Å²) in [5.74, 6) is 1.04. The number of rotatable bonds is 4. The zero-order valence-corrected chi connectivity index (χ0v) is 11.9. The third-order valence-electron chi connectivity index (χ3n) is 3.96. The summed E-state index contributed by atoms with van der Waals surface area (Å²) in [5, 5.41) is 0. The van der Waals surface area contributed by atoms with E-state index < -0.39 is 0 Å². The van der Waals surface area contributed by atoms with Gasteiger partial charge in [-0.15, -0.1) is 0 Å². The number of hydrogen-bond acceptors (Lipinski definition) is 2. The Balaban J connectivity index is 1.81. The van der Waals surface area contributed by atoms with Crippen molar-refractivity contribution in [1.29, 1.82) is 0 Å². The number of hydrogen-bond donors (Lipinski definition) is 0. The van der Waals surface area contributed by atoms with Crippen molar-refractivity contribution in [2.75, 3.05) is 20.2 Å². The van der Waals surface area contributed by atoms with Crippen molar-refractivity contribution >= 4 is 0 Å². The van der Waals surface area contributed by atoms with Gasteiger partial charge in [-0.05, 0) is 58.3 Å². The summed E-state index contributed by atoms with van der Waals surface area (Å²) in [6.07, 6.45) is 5.19. The van der Waals surface area contributed by atoms with Crippen LogP contribution in [0, 0.1) is 13.8 Å². The summed E-state index contributed by atoms with van der Waals surface area (Å²) in [7, 11) is 2.24. The van der Waals surface area contributed by atoms with Crippen molar-refractivity contribution in [1.82, 2.24) is 4.90 Å². The van der Waals surface area contributed by atoms with Crippen LogP contribution in [-0.4, -0.2) is 31.1 Å². The molecule has 1 aromatic carbocycles. The minimum atomic E-state index is 0.713. The van der Waals surface area contributed by atoms with Gasteiger partial charge in [-0.1, -0.05) is 24.1 Å². The molecule has 1 aromatic rings. The van der Waals surface area contributed by atoms with Crippen molar-refractivity contribution in [3.05, 3.63) is 29.3 Å². The van der Waals surface area contributed by atoms with E-state index in [2.05, 4.69) is 44.0 Å². The SMILES string of the molecule is Cc1ccc(OCCC2CCCCN2C)c(C)c1. The Morgan fingerprint density at radius 2 is 2.11 bits per heavy atom. The second kappa shape index (κ2) is 6.24. The summed E-state index contributed by atoms with van der Waals surface area (Å²) in [6.45, 7) is 6.32. The maximum atomic E-state index is 5.92. The van der Waals surface area contributed by atoms with Gasteiger partial charge in [0.25, 0.3) is 0 Å². The molecule has 18 heavy (non-hydrogen) atoms. The maximum Gasteiger partial charge on any atom is 0.122 e. The second-order valence-electron chi connectivity index (χ2n) is 5.54. The van der Waals surface area contributed by atoms with Crippen LogP contribution in [0.25, 0.3) is 0 Å². The zero-order valence-electron chi connectivity index (χ0n) is 11.9. The summed E-state index contributed by atoms with van der Waals surface area (Å²) >= 11 is 0. The lowest BCUT2D eigenvalue weighted by molar-refractivity contribution is 0.153. The number of likely N-dealkylation sites (tertiary alicyclic amines) is 1. The predicted molar refractivity (Wildman–Crippen MR) is 76.3 cm³/mol. The molecule has 100 valence electrons. The molecule has 0 aliphatic carbocycles. The van der Waals surface area contributed by atoms with Crippen molar-refractivity contribution < 1.29 is 4.74 Å². The van der Waals surface area contributed by atoms with Crippen LogP contribution in [0.2, 0.25) is 0 Å². The monoisotopic (exact) mass is 247 g/mol. The van der Waals surface area contributed by atoms with E-state index in [0.29, 0.717) is 6.04 Å². The lowest BCUT2D eigenvalue weighted by Crippen LogP contribution is -2.37. The number of ether oxygens (including phenoxy) is 1. The van der Waals surface area contributed by atoms with Crippen LogP contribution in [-0.2, 0) is 0 Å². The molecule has 0 radical (unpaired) electrons. The van der Waals surface area contributed by atoms with Crippen LogP contribution in [0.15, 0.2) is 18.2 Å². The molecule has 0 amide bonds. The normalized spacial score (nSPS) is 20.9. The van der Waals surface area contributed by atoms with Gasteiger partial charge in [0.05, 0.1) is 6.61 Å². The van der Waals surface area contributed by atoms with Gasteiger partial charge in [0, 0.05) is 6.04 Å². The third-order valence-corrected chi connectivity index (χ3v) is 3.96. The van der Waals surface area contributed by atoms with Gasteiger partial charge in [0.2, 0.25) is 0 Å². The van der Waals surface area contributed by atoms with Crippen LogP contribution in [0.1, 0.15) is 36.8 Å². The molecule has 1 atom stereocenters. The van der Waals surface area contributed by atoms with Gasteiger partial charge in [0.1, 0.15) is 5.75 Å². The molecule has 1 heterocycles. The highest BCUT2D eigenvalue weighted by Gasteiger charge is 2.18. The molecule has 1 aliphatic heterocycles. The number of piperidine rings is 1. The van der Waals surface area contributed by atoms with Crippen LogP contribution in [0.3, 0.4) is 0 Å². The fraction of sp³-hybridized carbons (Fsp3) is 0.625. The molecule has 2 heteroatoms. The molecule has 0 saturated carbocycles. The fourth-order valence-electron chi connectivity index (χ4n) is 2.78. The molecule has 0 aromatic heterocycles. The van der Waals surface area contributed by atoms with Crippen LogP contribution in [0.5, 0.6) is 5.75 Å². The Morgan fingerprint density at radius 3 is 2.83 bits per heavy atom. The van der Waals surface area contributed by atoms with Gasteiger partial charge >= 0.3 is 0 Å². The maximum absolute atomic E-state index is 5.92. The number of benzene rings is 1. The molecule has 1 unspecified atom stereocenters. The van der Waals surface area contributed by atoms with Gasteiger partial charge in [-0.3, -0.25) is 0 Å². The van der Waals surface area contributed by atoms with Crippen LogP contribution in [0.4, 0.5) is 0 Å². The molecule has 1 fully saturated rings. The van der Waals surface area contributed by atoms with E-state index in [4.69, 9.17) is 4.74 Å². The molecule has 1 saturated heterocycles. The van der Waals surface area contributed by atoms with Gasteiger partial charge in [-0.2, -0.15) is 0 Å². The van der Waals surface area contributed by atoms with Gasteiger partial charge < -0.3 is 9.64 Å². The van der Waals surface area contributed by atoms with Crippen molar-refractivity contribution in [3.8, 4) is 5.75 Å². The number of nitrogens with zero attached hydrogens (tertiary/aromatic N) is 1. The van der Waals surface area contributed by atoms with Crippen molar-refractivity contribution in [3.63, 3.8) is 0 Å². The molecular formula is C16H25NO. The Bertz CT molecular complexity index is 389. The van der Waals surface area contributed by atoms with Gasteiger partial charge in [-0.25, -0.2) is 0 Å². The topological polar surface area (TPSA) is 12.5 Å². The van der Waals surface area contributed by atoms with E-state index in [-0.39, 0.29) is 0 Å². The standard InChI is InChI=1S/C16H25NO/c1-13-7-8-16(14(2)12-13)18-11-9-15-6-4-5-10-17(15)3/h7-8,12,15H,4-6,9-11H2,1-3H3. The highest BCUT2D eigenvalue weighted by atomic mass is 16.5. The summed E-state index contributed by atoms with van der Waals surface area (Å²) in [5.41, 5.74) is 2.54. The number of aryl methyl sites for hydroxylation is 2. The Kier molecular flexibility index (Phi) is 4.65. The van der Waals surface area contributed by atoms with E-state index in [0.717, 1.165) is 18.8 Å². The van der Waals surface area contributed by atoms with Crippen molar-refractivity contribution in [2.45, 2.75) is 45.6 Å². The lowest BCUT2D eigenvalue weighted by Gasteiger charge is -2.32. The van der Waals surface area contributed by atoms with Crippen LogP contribution < -0.4 is 4.74 Å². The summed E-state index contributed by atoms with van der Waals surface area (Å²) in [4.78, 5) is 2.48. The third kappa shape index (κ3) is 3.49. The quantitative estimate of drug-likeness (QED) is 0.806. The highest BCUT2D eigenvalue weighted by Crippen LogP contribution is 2.21. The highest BCUT2D eigenvalue weighted by molar-refractivity contribution is 5.35. The second-order valence-corrected chi connectivity index (χ2v) is 5.54. The van der Waals surface area contributed by atoms with Crippen LogP contribution >= 0.6 is 0 Å². The fourth-order valence-corrected chi connectivity index (χ4v) is 2.78. The van der Waals surface area contributed by atoms with E-state index in [9.17, 15) is 0 Å². The van der Waals surface area contributed by atoms with E-state index >= 15 is 0 Å². The van der Waals surface area contributed by atoms with Gasteiger partial charge in [0.15, 0.2) is 0 Å². The summed E-state index contributed by atoms with van der Waals surface area (Å²) < 4.78 is 5.92. The lowest BCUT2D eigenvalue weighted by atomic mass is 10.0. The average Bonchev–Trinajstić information content (AvgIpc) is 2.34. The first-order valence-electron chi connectivity index (χ1n) is 7.07. The largest absolute Gasteiger partial charge is 0.493 e. The first kappa shape index (κ1) is 13.4. The molecular weight excluding hydrogens is 222 g/mol. The molecule has 0 spiro atoms. The molecule has 2 nitrogen and oxygen atoms in total. The molecule has 2 rings (SSSR count). The Hall–Kier alpha value is -1.02.